The lowest BCUT2D eigenvalue weighted by molar-refractivity contribution is 0.393. The predicted octanol–water partition coefficient (Wildman–Crippen LogP) is 3.86. The third-order valence-corrected chi connectivity index (χ3v) is 4.75. The molecule has 0 aliphatic heterocycles. The molecule has 27 heavy (non-hydrogen) atoms. The monoisotopic (exact) mass is 365 g/mol. The molecule has 0 spiro atoms. The number of aryl methyl sites for hydroxylation is 1. The highest BCUT2D eigenvalue weighted by Gasteiger charge is 2.11. The number of hydrogen-bond donors (Lipinski definition) is 1. The molecule has 0 aliphatic carbocycles. The largest absolute Gasteiger partial charge is 0.497 e. The zero-order valence-corrected chi connectivity index (χ0v) is 16.5. The molecule has 0 saturated heterocycles. The van der Waals surface area contributed by atoms with E-state index in [4.69, 9.17) is 14.6 Å². The fourth-order valence-corrected chi connectivity index (χ4v) is 3.20. The molecule has 142 valence electrons. The molecule has 0 fully saturated rings. The minimum atomic E-state index is 0.732. The van der Waals surface area contributed by atoms with Crippen LogP contribution >= 0.6 is 0 Å². The van der Waals surface area contributed by atoms with Gasteiger partial charge in [-0.3, -0.25) is 4.68 Å². The van der Waals surface area contributed by atoms with E-state index in [1.165, 1.54) is 16.8 Å². The summed E-state index contributed by atoms with van der Waals surface area (Å²) in [5.41, 5.74) is 5.90. The van der Waals surface area contributed by atoms with Crippen molar-refractivity contribution in [1.82, 2.24) is 15.1 Å². The van der Waals surface area contributed by atoms with Crippen molar-refractivity contribution in [3.63, 3.8) is 0 Å². The minimum absolute atomic E-state index is 0.732. The summed E-state index contributed by atoms with van der Waals surface area (Å²) in [4.78, 5) is 0. The van der Waals surface area contributed by atoms with Gasteiger partial charge in [-0.2, -0.15) is 5.10 Å². The van der Waals surface area contributed by atoms with Crippen LogP contribution in [0.25, 0.3) is 0 Å². The Balaban J connectivity index is 1.66. The van der Waals surface area contributed by atoms with E-state index in [1.54, 1.807) is 14.2 Å². The Morgan fingerprint density at radius 2 is 1.56 bits per heavy atom. The van der Waals surface area contributed by atoms with Crippen LogP contribution in [0.5, 0.6) is 11.5 Å². The van der Waals surface area contributed by atoms with Crippen molar-refractivity contribution in [2.75, 3.05) is 14.2 Å². The Hall–Kier alpha value is -2.79. The van der Waals surface area contributed by atoms with Gasteiger partial charge in [0, 0.05) is 30.4 Å². The van der Waals surface area contributed by atoms with Gasteiger partial charge in [0.05, 0.1) is 26.5 Å². The summed E-state index contributed by atoms with van der Waals surface area (Å²) in [6, 6.07) is 16.3. The quantitative estimate of drug-likeness (QED) is 0.659. The van der Waals surface area contributed by atoms with Crippen molar-refractivity contribution in [3.8, 4) is 11.5 Å². The minimum Gasteiger partial charge on any atom is -0.497 e. The molecule has 0 atom stereocenters. The SMILES string of the molecule is COc1cc(CNCc2c(C)nn(Cc3ccccc3)c2C)cc(OC)c1. The Morgan fingerprint density at radius 3 is 2.19 bits per heavy atom. The summed E-state index contributed by atoms with van der Waals surface area (Å²) in [6.07, 6.45) is 0. The first kappa shape index (κ1) is 19.0. The van der Waals surface area contributed by atoms with E-state index >= 15 is 0 Å². The summed E-state index contributed by atoms with van der Waals surface area (Å²) < 4.78 is 12.8. The van der Waals surface area contributed by atoms with Crippen molar-refractivity contribution < 1.29 is 9.47 Å². The molecule has 5 nitrogen and oxygen atoms in total. The van der Waals surface area contributed by atoms with Crippen molar-refractivity contribution in [1.29, 1.82) is 0 Å². The van der Waals surface area contributed by atoms with E-state index in [2.05, 4.69) is 48.1 Å². The first-order valence-corrected chi connectivity index (χ1v) is 9.10. The number of aromatic nitrogens is 2. The zero-order valence-electron chi connectivity index (χ0n) is 16.5. The number of benzene rings is 2. The highest BCUT2D eigenvalue weighted by Crippen LogP contribution is 2.22. The molecular formula is C22H27N3O2. The van der Waals surface area contributed by atoms with E-state index in [9.17, 15) is 0 Å². The fourth-order valence-electron chi connectivity index (χ4n) is 3.20. The fraction of sp³-hybridized carbons (Fsp3) is 0.318. The van der Waals surface area contributed by atoms with Crippen LogP contribution in [-0.4, -0.2) is 24.0 Å². The highest BCUT2D eigenvalue weighted by molar-refractivity contribution is 5.38. The zero-order chi connectivity index (χ0) is 19.2. The van der Waals surface area contributed by atoms with Gasteiger partial charge in [-0.1, -0.05) is 30.3 Å². The molecule has 2 aromatic carbocycles. The van der Waals surface area contributed by atoms with Crippen LogP contribution in [-0.2, 0) is 19.6 Å². The maximum Gasteiger partial charge on any atom is 0.122 e. The Kier molecular flexibility index (Phi) is 6.14. The number of nitrogens with zero attached hydrogens (tertiary/aromatic N) is 2. The third-order valence-electron chi connectivity index (χ3n) is 4.75. The van der Waals surface area contributed by atoms with Crippen LogP contribution in [0.4, 0.5) is 0 Å². The van der Waals surface area contributed by atoms with Crippen LogP contribution in [0.2, 0.25) is 0 Å². The first-order chi connectivity index (χ1) is 13.1. The number of hydrogen-bond acceptors (Lipinski definition) is 4. The number of methoxy groups -OCH3 is 2. The topological polar surface area (TPSA) is 48.3 Å². The van der Waals surface area contributed by atoms with Crippen LogP contribution in [0, 0.1) is 13.8 Å². The van der Waals surface area contributed by atoms with Gasteiger partial charge >= 0.3 is 0 Å². The predicted molar refractivity (Wildman–Crippen MR) is 107 cm³/mol. The van der Waals surface area contributed by atoms with Crippen molar-refractivity contribution in [2.45, 2.75) is 33.5 Å². The normalized spacial score (nSPS) is 10.8. The Labute approximate surface area is 160 Å². The maximum absolute atomic E-state index is 5.34. The molecule has 0 unspecified atom stereocenters. The van der Waals surface area contributed by atoms with E-state index in [0.717, 1.165) is 42.4 Å². The highest BCUT2D eigenvalue weighted by atomic mass is 16.5. The number of rotatable bonds is 8. The Morgan fingerprint density at radius 1 is 0.889 bits per heavy atom. The molecule has 3 aromatic rings. The van der Waals surface area contributed by atoms with Crippen molar-refractivity contribution in [2.24, 2.45) is 0 Å². The van der Waals surface area contributed by atoms with E-state index in [-0.39, 0.29) is 0 Å². The maximum atomic E-state index is 5.34. The second kappa shape index (κ2) is 8.73. The third kappa shape index (κ3) is 4.68. The molecule has 0 radical (unpaired) electrons. The van der Waals surface area contributed by atoms with E-state index in [1.807, 2.05) is 24.3 Å². The second-order valence-corrected chi connectivity index (χ2v) is 6.62. The lowest BCUT2D eigenvalue weighted by atomic mass is 10.1. The van der Waals surface area contributed by atoms with Gasteiger partial charge in [0.15, 0.2) is 0 Å². The summed E-state index contributed by atoms with van der Waals surface area (Å²) in [5, 5.41) is 8.24. The van der Waals surface area contributed by atoms with Crippen LogP contribution in [0.15, 0.2) is 48.5 Å². The van der Waals surface area contributed by atoms with Gasteiger partial charge in [0.2, 0.25) is 0 Å². The average Bonchev–Trinajstić information content (AvgIpc) is 2.95. The molecule has 0 saturated carbocycles. The van der Waals surface area contributed by atoms with Gasteiger partial charge in [0.1, 0.15) is 11.5 Å². The van der Waals surface area contributed by atoms with Crippen molar-refractivity contribution >= 4 is 0 Å². The number of ether oxygens (including phenoxy) is 2. The Bertz CT molecular complexity index is 866. The summed E-state index contributed by atoms with van der Waals surface area (Å²) in [6.45, 7) is 6.50. The molecule has 1 heterocycles. The molecule has 0 aliphatic rings. The van der Waals surface area contributed by atoms with E-state index in [0.29, 0.717) is 0 Å². The lowest BCUT2D eigenvalue weighted by Gasteiger charge is -2.10. The molecule has 3 rings (SSSR count). The molecule has 1 aromatic heterocycles. The van der Waals surface area contributed by atoms with Crippen molar-refractivity contribution in [3.05, 3.63) is 76.6 Å². The van der Waals surface area contributed by atoms with Crippen LogP contribution < -0.4 is 14.8 Å². The van der Waals surface area contributed by atoms with Crippen LogP contribution in [0.1, 0.15) is 28.1 Å². The molecular weight excluding hydrogens is 338 g/mol. The molecule has 5 heteroatoms. The lowest BCUT2D eigenvalue weighted by Crippen LogP contribution is -2.14. The van der Waals surface area contributed by atoms with Gasteiger partial charge in [-0.15, -0.1) is 0 Å². The standard InChI is InChI=1S/C22H27N3O2/c1-16-22(17(2)25(24-16)15-18-8-6-5-7-9-18)14-23-13-19-10-20(26-3)12-21(11-19)27-4/h5-12,23H,13-15H2,1-4H3. The summed E-state index contributed by atoms with van der Waals surface area (Å²) in [5.74, 6) is 1.60. The van der Waals surface area contributed by atoms with E-state index < -0.39 is 0 Å². The average molecular weight is 365 g/mol. The molecule has 0 bridgehead atoms. The smallest absolute Gasteiger partial charge is 0.122 e. The van der Waals surface area contributed by atoms with Gasteiger partial charge in [-0.05, 0) is 37.1 Å². The van der Waals surface area contributed by atoms with Gasteiger partial charge in [-0.25, -0.2) is 0 Å². The molecule has 0 amide bonds. The number of nitrogens with one attached hydrogen (secondary N) is 1. The van der Waals surface area contributed by atoms with Crippen LogP contribution in [0.3, 0.4) is 0 Å². The summed E-state index contributed by atoms with van der Waals surface area (Å²) >= 11 is 0. The van der Waals surface area contributed by atoms with Gasteiger partial charge < -0.3 is 14.8 Å². The van der Waals surface area contributed by atoms with Gasteiger partial charge in [0.25, 0.3) is 0 Å². The first-order valence-electron chi connectivity index (χ1n) is 9.10. The molecule has 1 N–H and O–H groups in total. The second-order valence-electron chi connectivity index (χ2n) is 6.62. The summed E-state index contributed by atoms with van der Waals surface area (Å²) in [7, 11) is 3.33.